The zero-order valence-corrected chi connectivity index (χ0v) is 21.1. The van der Waals surface area contributed by atoms with E-state index in [4.69, 9.17) is 11.6 Å². The fourth-order valence-corrected chi connectivity index (χ4v) is 5.45. The Hall–Kier alpha value is -4.16. The van der Waals surface area contributed by atoms with Crippen LogP contribution in [0.5, 0.6) is 0 Å². The molecule has 1 aliphatic rings. The number of hydrogen-bond donors (Lipinski definition) is 0. The molecule has 6 nitrogen and oxygen atoms in total. The first-order valence-corrected chi connectivity index (χ1v) is 12.7. The van der Waals surface area contributed by atoms with E-state index in [9.17, 15) is 9.59 Å². The van der Waals surface area contributed by atoms with Gasteiger partial charge in [0.15, 0.2) is 0 Å². The number of pyridine rings is 1. The summed E-state index contributed by atoms with van der Waals surface area (Å²) in [7, 11) is 0. The van der Waals surface area contributed by atoms with Gasteiger partial charge in [-0.2, -0.15) is 0 Å². The van der Waals surface area contributed by atoms with Gasteiger partial charge in [-0.1, -0.05) is 66.2 Å². The van der Waals surface area contributed by atoms with Gasteiger partial charge in [0.25, 0.3) is 11.1 Å². The monoisotopic (exact) mass is 508 g/mol. The van der Waals surface area contributed by atoms with Crippen molar-refractivity contribution in [3.63, 3.8) is 0 Å². The Labute approximate surface area is 218 Å². The van der Waals surface area contributed by atoms with Gasteiger partial charge in [-0.25, -0.2) is 4.68 Å². The quantitative estimate of drug-likeness (QED) is 0.288. The zero-order valence-electron chi connectivity index (χ0n) is 20.3. The second-order valence-electron chi connectivity index (χ2n) is 9.31. The minimum atomic E-state index is -0.160. The van der Waals surface area contributed by atoms with Crippen molar-refractivity contribution in [3.05, 3.63) is 127 Å². The molecule has 1 atom stereocenters. The first-order chi connectivity index (χ1) is 18.0. The summed E-state index contributed by atoms with van der Waals surface area (Å²) in [6.07, 6.45) is 2.67. The van der Waals surface area contributed by atoms with E-state index in [-0.39, 0.29) is 17.0 Å². The Bertz CT molecular complexity index is 1780. The molecular formula is C30H25ClN4O2. The molecule has 37 heavy (non-hydrogen) atoms. The molecule has 0 unspecified atom stereocenters. The number of para-hydroxylation sites is 2. The van der Waals surface area contributed by atoms with Gasteiger partial charge < -0.3 is 4.57 Å². The van der Waals surface area contributed by atoms with Crippen molar-refractivity contribution in [1.29, 1.82) is 0 Å². The van der Waals surface area contributed by atoms with E-state index in [1.165, 1.54) is 5.56 Å². The molecule has 0 spiro atoms. The zero-order chi connectivity index (χ0) is 25.5. The number of aryl methyl sites for hydroxylation is 1. The predicted octanol–water partition coefficient (Wildman–Crippen LogP) is 5.85. The minimum absolute atomic E-state index is 0.133. The molecule has 0 bridgehead atoms. The third-order valence-electron chi connectivity index (χ3n) is 7.15. The van der Waals surface area contributed by atoms with Crippen LogP contribution in [0, 0.1) is 6.92 Å². The summed E-state index contributed by atoms with van der Waals surface area (Å²) in [5, 5.41) is 1.15. The van der Waals surface area contributed by atoms with E-state index >= 15 is 0 Å². The van der Waals surface area contributed by atoms with Crippen LogP contribution >= 0.6 is 11.6 Å². The second kappa shape index (κ2) is 9.37. The van der Waals surface area contributed by atoms with Gasteiger partial charge in [0, 0.05) is 35.5 Å². The number of nitrogens with zero attached hydrogens (tertiary/aromatic N) is 4. The van der Waals surface area contributed by atoms with Crippen molar-refractivity contribution in [1.82, 2.24) is 13.9 Å². The first-order valence-electron chi connectivity index (χ1n) is 12.3. The Balaban J connectivity index is 1.47. The van der Waals surface area contributed by atoms with Crippen LogP contribution in [-0.2, 0) is 13.1 Å². The van der Waals surface area contributed by atoms with E-state index in [0.29, 0.717) is 34.7 Å². The molecule has 6 rings (SSSR count). The van der Waals surface area contributed by atoms with Crippen LogP contribution in [0.1, 0.15) is 29.2 Å². The summed E-state index contributed by atoms with van der Waals surface area (Å²) in [6, 6.07) is 26.7. The van der Waals surface area contributed by atoms with E-state index in [0.717, 1.165) is 23.4 Å². The fourth-order valence-electron chi connectivity index (χ4n) is 5.26. The lowest BCUT2D eigenvalue weighted by atomic mass is 9.98. The van der Waals surface area contributed by atoms with E-state index in [1.807, 2.05) is 90.6 Å². The Morgan fingerprint density at radius 2 is 1.65 bits per heavy atom. The first kappa shape index (κ1) is 23.3. The Morgan fingerprint density at radius 1 is 0.919 bits per heavy atom. The molecule has 0 saturated carbocycles. The number of rotatable bonds is 6. The van der Waals surface area contributed by atoms with Gasteiger partial charge in [-0.3, -0.25) is 19.3 Å². The predicted molar refractivity (Wildman–Crippen MR) is 149 cm³/mol. The number of hydrogen-bond acceptors (Lipinski definition) is 3. The average molecular weight is 509 g/mol. The van der Waals surface area contributed by atoms with Crippen LogP contribution in [0.3, 0.4) is 0 Å². The van der Waals surface area contributed by atoms with Gasteiger partial charge in [0.2, 0.25) is 0 Å². The van der Waals surface area contributed by atoms with Crippen LogP contribution < -0.4 is 11.1 Å². The molecule has 3 heterocycles. The fraction of sp³-hybridized carbons (Fsp3) is 0.167. The largest absolute Gasteiger partial charge is 0.312 e. The van der Waals surface area contributed by atoms with Crippen molar-refractivity contribution in [2.45, 2.75) is 32.4 Å². The van der Waals surface area contributed by atoms with Gasteiger partial charge in [0.1, 0.15) is 0 Å². The molecule has 3 aromatic carbocycles. The summed E-state index contributed by atoms with van der Waals surface area (Å²) < 4.78 is 5.21. The summed E-state index contributed by atoms with van der Waals surface area (Å²) in [5.41, 5.74) is 4.72. The lowest BCUT2D eigenvalue weighted by Gasteiger charge is -2.15. The maximum Gasteiger partial charge on any atom is 0.281 e. The molecule has 2 aromatic heterocycles. The highest BCUT2D eigenvalue weighted by Gasteiger charge is 2.22. The summed E-state index contributed by atoms with van der Waals surface area (Å²) in [6.45, 7) is 2.70. The number of halogens is 1. The summed E-state index contributed by atoms with van der Waals surface area (Å²) >= 11 is 6.48. The normalized spacial score (nSPS) is 14.4. The average Bonchev–Trinajstić information content (AvgIpc) is 3.44. The molecule has 0 saturated heterocycles. The summed E-state index contributed by atoms with van der Waals surface area (Å²) in [5.74, 6) is 0.143. The van der Waals surface area contributed by atoms with Crippen LogP contribution in [0.15, 0.2) is 99.5 Å². The van der Waals surface area contributed by atoms with Crippen LogP contribution in [-0.4, -0.2) is 20.1 Å². The van der Waals surface area contributed by atoms with Gasteiger partial charge >= 0.3 is 0 Å². The van der Waals surface area contributed by atoms with Crippen molar-refractivity contribution >= 4 is 34.4 Å². The smallest absolute Gasteiger partial charge is 0.281 e. The molecule has 1 aliphatic heterocycles. The third kappa shape index (κ3) is 4.03. The highest BCUT2D eigenvalue weighted by atomic mass is 35.5. The van der Waals surface area contributed by atoms with Crippen molar-refractivity contribution in [3.8, 4) is 5.69 Å². The van der Waals surface area contributed by atoms with E-state index < -0.39 is 0 Å². The molecule has 0 aliphatic carbocycles. The lowest BCUT2D eigenvalue weighted by molar-refractivity contribution is 0.597. The topological polar surface area (TPSA) is 61.3 Å². The standard InChI is InChI=1S/C30H25ClN4O2/c1-20-29-27(17-28(36)33(20)16-15-21-18-32-26-14-8-6-12-24(21)26)34(19-22-9-5-7-13-25(22)31)35(30(29)37)23-10-3-2-4-11-23/h2-14,17-18,21H,15-16,19H2,1H3/t21-/m1/s1. The second-order valence-corrected chi connectivity index (χ2v) is 9.72. The SMILES string of the molecule is Cc1c2c(=O)n(-c3ccccc3)n(Cc3ccccc3Cl)c2cc(=O)n1CC[C@@H]1C=Nc2ccccc21. The Kier molecular flexibility index (Phi) is 5.89. The number of aliphatic imine (C=N–C) groups is 1. The molecular weight excluding hydrogens is 484 g/mol. The van der Waals surface area contributed by atoms with Crippen molar-refractivity contribution in [2.24, 2.45) is 4.99 Å². The molecule has 0 fully saturated rings. The number of fused-ring (bicyclic) bond motifs is 2. The molecule has 184 valence electrons. The van der Waals surface area contributed by atoms with Gasteiger partial charge in [-0.05, 0) is 48.7 Å². The number of benzene rings is 3. The van der Waals surface area contributed by atoms with Gasteiger partial charge in [-0.15, -0.1) is 0 Å². The van der Waals surface area contributed by atoms with Crippen LogP contribution in [0.2, 0.25) is 5.02 Å². The minimum Gasteiger partial charge on any atom is -0.312 e. The summed E-state index contributed by atoms with van der Waals surface area (Å²) in [4.78, 5) is 31.8. The third-order valence-corrected chi connectivity index (χ3v) is 7.52. The maximum absolute atomic E-state index is 13.9. The highest BCUT2D eigenvalue weighted by Crippen LogP contribution is 2.34. The molecule has 5 aromatic rings. The highest BCUT2D eigenvalue weighted by molar-refractivity contribution is 6.31. The van der Waals surface area contributed by atoms with Crippen molar-refractivity contribution < 1.29 is 0 Å². The molecule has 0 radical (unpaired) electrons. The Morgan fingerprint density at radius 3 is 2.46 bits per heavy atom. The van der Waals surface area contributed by atoms with Gasteiger partial charge in [0.05, 0.1) is 28.8 Å². The lowest BCUT2D eigenvalue weighted by Crippen LogP contribution is -2.24. The van der Waals surface area contributed by atoms with Crippen LogP contribution in [0.4, 0.5) is 5.69 Å². The maximum atomic E-state index is 13.9. The molecule has 0 amide bonds. The van der Waals surface area contributed by atoms with Crippen molar-refractivity contribution in [2.75, 3.05) is 0 Å². The van der Waals surface area contributed by atoms with E-state index in [1.54, 1.807) is 15.3 Å². The molecule has 7 heteroatoms. The number of aromatic nitrogens is 3. The van der Waals surface area contributed by atoms with Crippen LogP contribution in [0.25, 0.3) is 16.6 Å². The molecule has 0 N–H and O–H groups in total. The van der Waals surface area contributed by atoms with E-state index in [2.05, 4.69) is 11.1 Å².